The van der Waals surface area contributed by atoms with Crippen molar-refractivity contribution in [3.05, 3.63) is 63.5 Å². The van der Waals surface area contributed by atoms with Crippen LogP contribution in [-0.4, -0.2) is 34.7 Å². The topological polar surface area (TPSA) is 55.7 Å². The molecule has 2 aromatic carbocycles. The number of aromatic nitrogens is 2. The van der Waals surface area contributed by atoms with Crippen molar-refractivity contribution in [3.63, 3.8) is 0 Å². The van der Waals surface area contributed by atoms with Crippen LogP contribution in [0.5, 0.6) is 0 Å². The zero-order chi connectivity index (χ0) is 24.1. The van der Waals surface area contributed by atoms with Gasteiger partial charge in [0, 0.05) is 23.1 Å². The van der Waals surface area contributed by atoms with Crippen molar-refractivity contribution in [1.82, 2.24) is 15.1 Å². The van der Waals surface area contributed by atoms with Crippen molar-refractivity contribution < 1.29 is 4.39 Å². The van der Waals surface area contributed by atoms with Gasteiger partial charge in [-0.2, -0.15) is 10.4 Å². The number of rotatable bonds is 9. The molecule has 0 bridgehead atoms. The van der Waals surface area contributed by atoms with Crippen LogP contribution in [0, 0.1) is 17.1 Å². The lowest BCUT2D eigenvalue weighted by Crippen LogP contribution is -2.35. The van der Waals surface area contributed by atoms with Gasteiger partial charge in [0.05, 0.1) is 27.0 Å². The summed E-state index contributed by atoms with van der Waals surface area (Å²) in [5.74, 6) is 0.152. The van der Waals surface area contributed by atoms with Gasteiger partial charge in [0.1, 0.15) is 5.82 Å². The maximum Gasteiger partial charge on any atom is 0.125 e. The molecular weight excluding hydrogens is 470 g/mol. The van der Waals surface area contributed by atoms with E-state index in [0.29, 0.717) is 21.5 Å². The standard InChI is InChI=1S/C27H31Cl2FN4/c1-2-3-11-27(18-31,20-5-8-23(28)24(29)16-20)12-4-13-34-14-9-19(10-15-34)26-22-7-6-21(30)17-25(22)32-33-26/h5-8,16-17,19H,2-4,9-15H2,1H3,(H,32,33). The zero-order valence-electron chi connectivity index (χ0n) is 19.6. The first-order chi connectivity index (χ1) is 16.5. The third-order valence-corrected chi connectivity index (χ3v) is 8.00. The van der Waals surface area contributed by atoms with Gasteiger partial charge in [0.25, 0.3) is 0 Å². The Bertz CT molecular complexity index is 1160. The van der Waals surface area contributed by atoms with Crippen molar-refractivity contribution in [3.8, 4) is 6.07 Å². The van der Waals surface area contributed by atoms with E-state index in [1.807, 2.05) is 18.2 Å². The summed E-state index contributed by atoms with van der Waals surface area (Å²) in [4.78, 5) is 2.49. The maximum absolute atomic E-state index is 13.5. The minimum atomic E-state index is -0.535. The van der Waals surface area contributed by atoms with Gasteiger partial charge in [-0.3, -0.25) is 5.10 Å². The molecule has 1 aliphatic rings. The normalized spacial score (nSPS) is 17.0. The van der Waals surface area contributed by atoms with Crippen LogP contribution >= 0.6 is 23.2 Å². The van der Waals surface area contributed by atoms with E-state index in [9.17, 15) is 9.65 Å². The lowest BCUT2D eigenvalue weighted by Gasteiger charge is -2.33. The SMILES string of the molecule is CCCCC(C#N)(CCCN1CCC(c2[nH]nc3cc(F)ccc23)CC1)c1ccc(Cl)c(Cl)c1. The Hall–Kier alpha value is -2.13. The Morgan fingerprint density at radius 3 is 2.59 bits per heavy atom. The van der Waals surface area contributed by atoms with Crippen molar-refractivity contribution >= 4 is 34.1 Å². The highest BCUT2D eigenvalue weighted by Crippen LogP contribution is 2.38. The van der Waals surface area contributed by atoms with Gasteiger partial charge in [-0.15, -0.1) is 0 Å². The Labute approximate surface area is 211 Å². The molecule has 180 valence electrons. The number of nitrogens with zero attached hydrogens (tertiary/aromatic N) is 3. The molecule has 1 fully saturated rings. The van der Waals surface area contributed by atoms with E-state index in [2.05, 4.69) is 28.1 Å². The van der Waals surface area contributed by atoms with Crippen molar-refractivity contribution in [2.45, 2.75) is 63.2 Å². The molecule has 4 rings (SSSR count). The Balaban J connectivity index is 1.36. The third-order valence-electron chi connectivity index (χ3n) is 7.26. The predicted molar refractivity (Wildman–Crippen MR) is 137 cm³/mol. The summed E-state index contributed by atoms with van der Waals surface area (Å²) in [6.07, 6.45) is 6.72. The summed E-state index contributed by atoms with van der Waals surface area (Å²) in [5.41, 5.74) is 2.25. The molecule has 3 aromatic rings. The monoisotopic (exact) mass is 500 g/mol. The van der Waals surface area contributed by atoms with Crippen LogP contribution in [-0.2, 0) is 5.41 Å². The van der Waals surface area contributed by atoms with Crippen LogP contribution in [0.15, 0.2) is 36.4 Å². The number of H-pyrrole nitrogens is 1. The molecule has 0 aliphatic carbocycles. The fourth-order valence-corrected chi connectivity index (χ4v) is 5.53. The molecule has 4 nitrogen and oxygen atoms in total. The molecule has 1 saturated heterocycles. The molecule has 1 unspecified atom stereocenters. The Kier molecular flexibility index (Phi) is 8.14. The number of likely N-dealkylation sites (tertiary alicyclic amines) is 1. The number of hydrogen-bond acceptors (Lipinski definition) is 3. The number of benzene rings is 2. The van der Waals surface area contributed by atoms with Gasteiger partial charge in [-0.25, -0.2) is 4.39 Å². The molecule has 1 N–H and O–H groups in total. The summed E-state index contributed by atoms with van der Waals surface area (Å²) in [5, 5.41) is 19.7. The van der Waals surface area contributed by atoms with Crippen LogP contribution in [0.3, 0.4) is 0 Å². The molecule has 1 aliphatic heterocycles. The van der Waals surface area contributed by atoms with Crippen LogP contribution in [0.1, 0.15) is 69.0 Å². The van der Waals surface area contributed by atoms with Crippen molar-refractivity contribution in [1.29, 1.82) is 5.26 Å². The van der Waals surface area contributed by atoms with E-state index in [4.69, 9.17) is 23.2 Å². The van der Waals surface area contributed by atoms with Gasteiger partial charge in [-0.05, 0) is 81.6 Å². The highest BCUT2D eigenvalue weighted by Gasteiger charge is 2.32. The summed E-state index contributed by atoms with van der Waals surface area (Å²) in [6, 6.07) is 13.1. The number of hydrogen-bond donors (Lipinski definition) is 1. The molecule has 2 heterocycles. The lowest BCUT2D eigenvalue weighted by atomic mass is 9.74. The second-order valence-electron chi connectivity index (χ2n) is 9.44. The first-order valence-electron chi connectivity index (χ1n) is 12.2. The second-order valence-corrected chi connectivity index (χ2v) is 10.3. The third kappa shape index (κ3) is 5.40. The number of unbranched alkanes of at least 4 members (excludes halogenated alkanes) is 1. The summed E-state index contributed by atoms with van der Waals surface area (Å²) in [6.45, 7) is 5.14. The summed E-state index contributed by atoms with van der Waals surface area (Å²) >= 11 is 12.4. The van der Waals surface area contributed by atoms with E-state index >= 15 is 0 Å². The molecule has 1 atom stereocenters. The van der Waals surface area contributed by atoms with E-state index in [0.717, 1.165) is 81.2 Å². The zero-order valence-corrected chi connectivity index (χ0v) is 21.1. The number of halogens is 3. The smallest absolute Gasteiger partial charge is 0.125 e. The van der Waals surface area contributed by atoms with Gasteiger partial charge in [0.2, 0.25) is 0 Å². The highest BCUT2D eigenvalue weighted by atomic mass is 35.5. The van der Waals surface area contributed by atoms with Gasteiger partial charge in [-0.1, -0.05) is 49.0 Å². The average Bonchev–Trinajstić information content (AvgIpc) is 3.26. The van der Waals surface area contributed by atoms with Gasteiger partial charge < -0.3 is 4.90 Å². The minimum absolute atomic E-state index is 0.256. The van der Waals surface area contributed by atoms with E-state index < -0.39 is 5.41 Å². The van der Waals surface area contributed by atoms with Gasteiger partial charge in [0.15, 0.2) is 0 Å². The number of piperidine rings is 1. The maximum atomic E-state index is 13.5. The molecule has 0 saturated carbocycles. The van der Waals surface area contributed by atoms with E-state index in [1.165, 1.54) is 12.1 Å². The number of aromatic amines is 1. The lowest BCUT2D eigenvalue weighted by molar-refractivity contribution is 0.203. The second kappa shape index (κ2) is 11.1. The van der Waals surface area contributed by atoms with Crippen molar-refractivity contribution in [2.75, 3.05) is 19.6 Å². The van der Waals surface area contributed by atoms with E-state index in [-0.39, 0.29) is 5.82 Å². The number of fused-ring (bicyclic) bond motifs is 1. The fourth-order valence-electron chi connectivity index (χ4n) is 5.23. The predicted octanol–water partition coefficient (Wildman–Crippen LogP) is 7.62. The number of nitrogens with one attached hydrogen (secondary N) is 1. The van der Waals surface area contributed by atoms with Crippen molar-refractivity contribution in [2.24, 2.45) is 0 Å². The fraction of sp³-hybridized carbons (Fsp3) is 0.481. The molecule has 1 aromatic heterocycles. The molecular formula is C27H31Cl2FN4. The van der Waals surface area contributed by atoms with Crippen LogP contribution in [0.25, 0.3) is 10.9 Å². The van der Waals surface area contributed by atoms with Crippen LogP contribution in [0.2, 0.25) is 10.0 Å². The summed E-state index contributed by atoms with van der Waals surface area (Å²) < 4.78 is 13.5. The molecule has 0 radical (unpaired) electrons. The molecule has 0 spiro atoms. The average molecular weight is 501 g/mol. The summed E-state index contributed by atoms with van der Waals surface area (Å²) in [7, 11) is 0. The highest BCUT2D eigenvalue weighted by molar-refractivity contribution is 6.42. The number of nitriles is 1. The molecule has 7 heteroatoms. The quantitative estimate of drug-likeness (QED) is 0.328. The van der Waals surface area contributed by atoms with E-state index in [1.54, 1.807) is 6.07 Å². The Morgan fingerprint density at radius 2 is 1.88 bits per heavy atom. The van der Waals surface area contributed by atoms with Crippen LogP contribution in [0.4, 0.5) is 4.39 Å². The first-order valence-corrected chi connectivity index (χ1v) is 12.9. The largest absolute Gasteiger partial charge is 0.303 e. The Morgan fingerprint density at radius 1 is 1.12 bits per heavy atom. The van der Waals surface area contributed by atoms with Crippen LogP contribution < -0.4 is 0 Å². The first kappa shape index (κ1) is 25.0. The van der Waals surface area contributed by atoms with Gasteiger partial charge >= 0.3 is 0 Å². The molecule has 34 heavy (non-hydrogen) atoms. The minimum Gasteiger partial charge on any atom is -0.303 e. The molecule has 0 amide bonds.